The van der Waals surface area contributed by atoms with Gasteiger partial charge in [0.1, 0.15) is 5.01 Å². The molecule has 41 heavy (non-hydrogen) atoms. The molecule has 2 aromatic carbocycles. The molecule has 1 aliphatic heterocycles. The van der Waals surface area contributed by atoms with Crippen molar-refractivity contribution in [1.82, 2.24) is 34.8 Å². The second-order valence-corrected chi connectivity index (χ2v) is 11.3. The monoisotopic (exact) mass is 573 g/mol. The number of hydrogen-bond donors (Lipinski definition) is 1. The lowest BCUT2D eigenvalue weighted by molar-refractivity contribution is -0.121. The number of hydrogen-bond acceptors (Lipinski definition) is 6. The first-order valence-corrected chi connectivity index (χ1v) is 14.2. The van der Waals surface area contributed by atoms with Crippen molar-refractivity contribution < 1.29 is 13.6 Å². The van der Waals surface area contributed by atoms with Crippen molar-refractivity contribution in [2.75, 3.05) is 13.1 Å². The molecule has 1 saturated heterocycles. The van der Waals surface area contributed by atoms with Gasteiger partial charge < -0.3 is 5.32 Å². The molecule has 1 amide bonds. The van der Waals surface area contributed by atoms with Crippen LogP contribution in [0.3, 0.4) is 0 Å². The minimum atomic E-state index is -0.892. The highest BCUT2D eigenvalue weighted by Crippen LogP contribution is 2.31. The molecule has 0 saturated carbocycles. The molecule has 8 nitrogen and oxygen atoms in total. The molecule has 0 aliphatic carbocycles. The van der Waals surface area contributed by atoms with Crippen LogP contribution in [0, 0.1) is 18.6 Å². The Hall–Kier alpha value is -4.22. The van der Waals surface area contributed by atoms with Gasteiger partial charge in [0, 0.05) is 55.4 Å². The molecule has 210 valence electrons. The van der Waals surface area contributed by atoms with Gasteiger partial charge in [-0.05, 0) is 42.3 Å². The fourth-order valence-electron chi connectivity index (χ4n) is 5.51. The lowest BCUT2D eigenvalue weighted by Gasteiger charge is -2.21. The van der Waals surface area contributed by atoms with Crippen LogP contribution in [0.4, 0.5) is 8.78 Å². The van der Waals surface area contributed by atoms with E-state index in [0.29, 0.717) is 25.2 Å². The Labute approximate surface area is 240 Å². The number of halogens is 2. The van der Waals surface area contributed by atoms with Crippen molar-refractivity contribution in [2.24, 2.45) is 7.05 Å². The molecule has 6 rings (SSSR count). The molecule has 0 unspecified atom stereocenters. The molecule has 1 aliphatic rings. The summed E-state index contributed by atoms with van der Waals surface area (Å²) in [5.74, 6) is -2.16. The van der Waals surface area contributed by atoms with E-state index < -0.39 is 11.6 Å². The molecule has 2 atom stereocenters. The number of carbonyl (C=O) groups excluding carboxylic acids is 1. The van der Waals surface area contributed by atoms with Crippen LogP contribution in [0.5, 0.6) is 0 Å². The summed E-state index contributed by atoms with van der Waals surface area (Å²) in [6, 6.07) is 13.4. The molecule has 0 spiro atoms. The summed E-state index contributed by atoms with van der Waals surface area (Å²) in [6.45, 7) is 3.74. The first-order valence-electron chi connectivity index (χ1n) is 13.3. The van der Waals surface area contributed by atoms with Crippen LogP contribution in [0.2, 0.25) is 0 Å². The van der Waals surface area contributed by atoms with E-state index >= 15 is 0 Å². The zero-order valence-corrected chi connectivity index (χ0v) is 23.5. The quantitative estimate of drug-likeness (QED) is 0.293. The van der Waals surface area contributed by atoms with E-state index in [4.69, 9.17) is 5.10 Å². The van der Waals surface area contributed by atoms with Crippen molar-refractivity contribution in [3.05, 3.63) is 106 Å². The van der Waals surface area contributed by atoms with Gasteiger partial charge in [-0.1, -0.05) is 24.3 Å². The summed E-state index contributed by atoms with van der Waals surface area (Å²) in [5, 5.41) is 15.3. The van der Waals surface area contributed by atoms with Gasteiger partial charge in [-0.3, -0.25) is 14.4 Å². The van der Waals surface area contributed by atoms with Crippen molar-refractivity contribution >= 4 is 17.2 Å². The Kier molecular flexibility index (Phi) is 7.46. The molecular weight excluding hydrogens is 544 g/mol. The minimum absolute atomic E-state index is 0.0987. The molecule has 0 bridgehead atoms. The number of benzene rings is 2. The zero-order valence-electron chi connectivity index (χ0n) is 22.7. The van der Waals surface area contributed by atoms with E-state index in [1.165, 1.54) is 6.07 Å². The molecule has 1 fully saturated rings. The van der Waals surface area contributed by atoms with Gasteiger partial charge in [-0.25, -0.2) is 18.4 Å². The number of carbonyl (C=O) groups is 1. The number of likely N-dealkylation sites (tertiary alicyclic amines) is 1. The number of aromatic nitrogens is 5. The first-order chi connectivity index (χ1) is 19.9. The Morgan fingerprint density at radius 2 is 1.95 bits per heavy atom. The molecule has 3 aromatic heterocycles. The number of nitrogens with zero attached hydrogens (tertiary/aromatic N) is 6. The van der Waals surface area contributed by atoms with Gasteiger partial charge in [-0.2, -0.15) is 10.2 Å². The van der Waals surface area contributed by atoms with E-state index in [-0.39, 0.29) is 24.3 Å². The standard InChI is InChI=1S/C30H29F2N7OS/c1-19-27(39(22-6-4-3-5-7-22)36-30(19)21-14-34-37(2)15-21)13-28(40)35-26-17-38(18-29-33-10-11-41-29)16-23(26)20-8-9-24(31)25(32)12-20/h3-12,14-15,23,26H,13,16-18H2,1-2H3,(H,35,40)/t23-,26+/m0/s1. The smallest absolute Gasteiger partial charge is 0.226 e. The van der Waals surface area contributed by atoms with Gasteiger partial charge in [0.25, 0.3) is 0 Å². The molecule has 5 aromatic rings. The van der Waals surface area contributed by atoms with Gasteiger partial charge in [0.15, 0.2) is 11.6 Å². The average molecular weight is 574 g/mol. The Morgan fingerprint density at radius 1 is 1.12 bits per heavy atom. The Balaban J connectivity index is 1.28. The summed E-state index contributed by atoms with van der Waals surface area (Å²) >= 11 is 1.57. The van der Waals surface area contributed by atoms with E-state index in [9.17, 15) is 13.6 Å². The number of thiazole rings is 1. The number of nitrogens with one attached hydrogen (secondary N) is 1. The predicted octanol–water partition coefficient (Wildman–Crippen LogP) is 4.64. The van der Waals surface area contributed by atoms with Crippen molar-refractivity contribution in [1.29, 1.82) is 0 Å². The lowest BCUT2D eigenvalue weighted by atomic mass is 9.94. The third-order valence-corrected chi connectivity index (χ3v) is 8.27. The maximum atomic E-state index is 14.2. The lowest BCUT2D eigenvalue weighted by Crippen LogP contribution is -2.41. The van der Waals surface area contributed by atoms with E-state index in [1.807, 2.05) is 60.6 Å². The number of aryl methyl sites for hydroxylation is 1. The van der Waals surface area contributed by atoms with Gasteiger partial charge in [-0.15, -0.1) is 11.3 Å². The highest BCUT2D eigenvalue weighted by Gasteiger charge is 2.36. The predicted molar refractivity (Wildman–Crippen MR) is 153 cm³/mol. The summed E-state index contributed by atoms with van der Waals surface area (Å²) < 4.78 is 31.5. The first kappa shape index (κ1) is 27.0. The van der Waals surface area contributed by atoms with Crippen LogP contribution in [0.1, 0.15) is 27.7 Å². The van der Waals surface area contributed by atoms with E-state index in [0.717, 1.165) is 39.3 Å². The molecule has 11 heteroatoms. The Bertz CT molecular complexity index is 1670. The van der Waals surface area contributed by atoms with Crippen LogP contribution in [0.15, 0.2) is 72.5 Å². The third kappa shape index (κ3) is 5.68. The van der Waals surface area contributed by atoms with Crippen LogP contribution in [-0.4, -0.2) is 54.5 Å². The van der Waals surface area contributed by atoms with Crippen LogP contribution >= 0.6 is 11.3 Å². The van der Waals surface area contributed by atoms with Crippen molar-refractivity contribution in [3.8, 4) is 16.9 Å². The highest BCUT2D eigenvalue weighted by molar-refractivity contribution is 7.09. The number of rotatable bonds is 8. The average Bonchev–Trinajstić information content (AvgIpc) is 3.76. The second-order valence-electron chi connectivity index (χ2n) is 10.3. The highest BCUT2D eigenvalue weighted by atomic mass is 32.1. The minimum Gasteiger partial charge on any atom is -0.351 e. The normalized spacial score (nSPS) is 17.3. The Morgan fingerprint density at radius 3 is 2.66 bits per heavy atom. The molecule has 0 radical (unpaired) electrons. The maximum Gasteiger partial charge on any atom is 0.226 e. The fourth-order valence-corrected chi connectivity index (χ4v) is 6.17. The topological polar surface area (TPSA) is 80.9 Å². The summed E-state index contributed by atoms with van der Waals surface area (Å²) in [4.78, 5) is 20.2. The largest absolute Gasteiger partial charge is 0.351 e. The summed E-state index contributed by atoms with van der Waals surface area (Å²) in [7, 11) is 1.85. The van der Waals surface area contributed by atoms with Gasteiger partial charge >= 0.3 is 0 Å². The van der Waals surface area contributed by atoms with E-state index in [2.05, 4.69) is 20.3 Å². The number of amides is 1. The SMILES string of the molecule is Cc1c(-c2cnn(C)c2)nn(-c2ccccc2)c1CC(=O)N[C@@H]1CN(Cc2nccs2)C[C@H]1c1ccc(F)c(F)c1. The fraction of sp³-hybridized carbons (Fsp3) is 0.267. The number of para-hydroxylation sites is 1. The summed E-state index contributed by atoms with van der Waals surface area (Å²) in [5.41, 5.74) is 4.80. The van der Waals surface area contributed by atoms with Crippen molar-refractivity contribution in [3.63, 3.8) is 0 Å². The molecular formula is C30H29F2N7OS. The van der Waals surface area contributed by atoms with Gasteiger partial charge in [0.05, 0.1) is 36.2 Å². The zero-order chi connectivity index (χ0) is 28.5. The van der Waals surface area contributed by atoms with Crippen molar-refractivity contribution in [2.45, 2.75) is 31.8 Å². The van der Waals surface area contributed by atoms with Gasteiger partial charge in [0.2, 0.25) is 5.91 Å². The molecule has 4 heterocycles. The van der Waals surface area contributed by atoms with Crippen LogP contribution in [0.25, 0.3) is 16.9 Å². The summed E-state index contributed by atoms with van der Waals surface area (Å²) in [6.07, 6.45) is 5.52. The van der Waals surface area contributed by atoms with Crippen LogP contribution < -0.4 is 5.32 Å². The molecule has 1 N–H and O–H groups in total. The third-order valence-electron chi connectivity index (χ3n) is 7.51. The maximum absolute atomic E-state index is 14.2. The second kappa shape index (κ2) is 11.3. The van der Waals surface area contributed by atoms with E-state index in [1.54, 1.807) is 34.5 Å². The van der Waals surface area contributed by atoms with Crippen LogP contribution in [-0.2, 0) is 24.8 Å².